The van der Waals surface area contributed by atoms with Crippen LogP contribution < -0.4 is 16.2 Å². The molecule has 0 atom stereocenters. The number of nitrogens with one attached hydrogen (secondary N) is 3. The van der Waals surface area contributed by atoms with E-state index in [9.17, 15) is 4.79 Å². The molecule has 0 saturated carbocycles. The van der Waals surface area contributed by atoms with Crippen LogP contribution in [0, 0.1) is 5.92 Å². The highest BCUT2D eigenvalue weighted by molar-refractivity contribution is 5.25. The second-order valence-electron chi connectivity index (χ2n) is 4.51. The molecule has 1 aliphatic heterocycles. The van der Waals surface area contributed by atoms with Gasteiger partial charge in [0.1, 0.15) is 0 Å². The highest BCUT2D eigenvalue weighted by Crippen LogP contribution is 2.11. The summed E-state index contributed by atoms with van der Waals surface area (Å²) in [5, 5.41) is 6.57. The summed E-state index contributed by atoms with van der Waals surface area (Å²) in [5.41, 5.74) is 0.756. The van der Waals surface area contributed by atoms with Gasteiger partial charge in [0, 0.05) is 18.3 Å². The summed E-state index contributed by atoms with van der Waals surface area (Å²) in [7, 11) is 0. The average molecular weight is 236 g/mol. The largest absolute Gasteiger partial charge is 0.355 e. The zero-order valence-corrected chi connectivity index (χ0v) is 10.3. The molecular formula is C12H20N4O. The Kier molecular flexibility index (Phi) is 4.14. The van der Waals surface area contributed by atoms with Gasteiger partial charge in [0.2, 0.25) is 5.95 Å². The molecule has 0 unspecified atom stereocenters. The molecule has 0 spiro atoms. The van der Waals surface area contributed by atoms with Gasteiger partial charge in [0.25, 0.3) is 5.56 Å². The van der Waals surface area contributed by atoms with E-state index in [1.54, 1.807) is 6.07 Å². The Balaban J connectivity index is 1.93. The minimum Gasteiger partial charge on any atom is -0.355 e. The molecule has 2 rings (SSSR count). The molecule has 1 fully saturated rings. The van der Waals surface area contributed by atoms with Crippen LogP contribution in [0.25, 0.3) is 0 Å². The number of hydrogen-bond donors (Lipinski definition) is 3. The van der Waals surface area contributed by atoms with Crippen LogP contribution in [0.3, 0.4) is 0 Å². The molecule has 5 nitrogen and oxygen atoms in total. The summed E-state index contributed by atoms with van der Waals surface area (Å²) in [5.74, 6) is 1.28. The fourth-order valence-electron chi connectivity index (χ4n) is 2.10. The van der Waals surface area contributed by atoms with Gasteiger partial charge < -0.3 is 10.6 Å². The summed E-state index contributed by atoms with van der Waals surface area (Å²) in [6.07, 6.45) is 3.15. The number of aromatic nitrogens is 2. The summed E-state index contributed by atoms with van der Waals surface area (Å²) in [4.78, 5) is 18.5. The Hall–Kier alpha value is -1.36. The first-order chi connectivity index (χ1) is 8.28. The third kappa shape index (κ3) is 3.56. The Labute approximate surface area is 101 Å². The highest BCUT2D eigenvalue weighted by atomic mass is 16.1. The molecule has 0 bridgehead atoms. The summed E-state index contributed by atoms with van der Waals surface area (Å²) in [6.45, 7) is 5.06. The second-order valence-corrected chi connectivity index (χ2v) is 4.51. The van der Waals surface area contributed by atoms with Gasteiger partial charge in [-0.15, -0.1) is 0 Å². The van der Waals surface area contributed by atoms with Crippen molar-refractivity contribution in [2.75, 3.05) is 25.0 Å². The van der Waals surface area contributed by atoms with Gasteiger partial charge in [-0.2, -0.15) is 0 Å². The van der Waals surface area contributed by atoms with Crippen molar-refractivity contribution in [2.45, 2.75) is 26.2 Å². The van der Waals surface area contributed by atoms with E-state index in [2.05, 4.69) is 20.6 Å². The van der Waals surface area contributed by atoms with Crippen molar-refractivity contribution in [3.63, 3.8) is 0 Å². The smallest absolute Gasteiger partial charge is 0.252 e. The van der Waals surface area contributed by atoms with Crippen LogP contribution in [-0.4, -0.2) is 29.6 Å². The highest BCUT2D eigenvalue weighted by Gasteiger charge is 2.12. The zero-order valence-electron chi connectivity index (χ0n) is 10.3. The average Bonchev–Trinajstić information content (AvgIpc) is 2.37. The molecule has 1 saturated heterocycles. The van der Waals surface area contributed by atoms with Crippen molar-refractivity contribution >= 4 is 5.95 Å². The molecule has 1 aliphatic rings. The molecule has 1 aromatic heterocycles. The molecule has 0 amide bonds. The number of aromatic amines is 1. The molecule has 0 radical (unpaired) electrons. The predicted molar refractivity (Wildman–Crippen MR) is 68.3 cm³/mol. The summed E-state index contributed by atoms with van der Waals surface area (Å²) in [6, 6.07) is 1.55. The van der Waals surface area contributed by atoms with Crippen LogP contribution in [0.5, 0.6) is 0 Å². The van der Waals surface area contributed by atoms with Crippen molar-refractivity contribution in [1.29, 1.82) is 0 Å². The molecule has 17 heavy (non-hydrogen) atoms. The van der Waals surface area contributed by atoms with Gasteiger partial charge in [-0.1, -0.05) is 6.92 Å². The van der Waals surface area contributed by atoms with Gasteiger partial charge in [0.05, 0.1) is 0 Å². The Morgan fingerprint density at radius 3 is 2.94 bits per heavy atom. The monoisotopic (exact) mass is 236 g/mol. The van der Waals surface area contributed by atoms with E-state index in [4.69, 9.17) is 0 Å². The fourth-order valence-corrected chi connectivity index (χ4v) is 2.10. The van der Waals surface area contributed by atoms with Gasteiger partial charge in [-0.25, -0.2) is 4.98 Å². The second kappa shape index (κ2) is 5.82. The van der Waals surface area contributed by atoms with Crippen molar-refractivity contribution in [1.82, 2.24) is 15.3 Å². The van der Waals surface area contributed by atoms with E-state index < -0.39 is 0 Å². The van der Waals surface area contributed by atoms with E-state index in [0.29, 0.717) is 11.9 Å². The number of piperidine rings is 1. The summed E-state index contributed by atoms with van der Waals surface area (Å²) < 4.78 is 0. The topological polar surface area (TPSA) is 69.8 Å². The number of nitrogens with zero attached hydrogens (tertiary/aromatic N) is 1. The zero-order chi connectivity index (χ0) is 12.1. The van der Waals surface area contributed by atoms with Gasteiger partial charge in [0.15, 0.2) is 0 Å². The van der Waals surface area contributed by atoms with Crippen molar-refractivity contribution < 1.29 is 0 Å². The van der Waals surface area contributed by atoms with Crippen LogP contribution in [-0.2, 0) is 6.42 Å². The first kappa shape index (κ1) is 12.1. The lowest BCUT2D eigenvalue weighted by molar-refractivity contribution is 0.389. The van der Waals surface area contributed by atoms with E-state index in [1.165, 1.54) is 12.8 Å². The van der Waals surface area contributed by atoms with E-state index >= 15 is 0 Å². The minimum atomic E-state index is -0.0790. The quantitative estimate of drug-likeness (QED) is 0.721. The lowest BCUT2D eigenvalue weighted by Crippen LogP contribution is -2.31. The Morgan fingerprint density at radius 1 is 1.47 bits per heavy atom. The Bertz CT molecular complexity index is 409. The molecular weight excluding hydrogens is 216 g/mol. The number of hydrogen-bond acceptors (Lipinski definition) is 4. The summed E-state index contributed by atoms with van der Waals surface area (Å²) >= 11 is 0. The molecule has 0 aromatic carbocycles. The molecule has 94 valence electrons. The van der Waals surface area contributed by atoms with Crippen LogP contribution in [0.4, 0.5) is 5.95 Å². The normalized spacial score (nSPS) is 17.0. The molecule has 2 heterocycles. The number of anilines is 1. The maximum absolute atomic E-state index is 11.4. The van der Waals surface area contributed by atoms with E-state index in [-0.39, 0.29) is 5.56 Å². The first-order valence-electron chi connectivity index (χ1n) is 6.32. The fraction of sp³-hybridized carbons (Fsp3) is 0.667. The van der Waals surface area contributed by atoms with Crippen LogP contribution in [0.2, 0.25) is 0 Å². The third-order valence-electron chi connectivity index (χ3n) is 3.17. The SMILES string of the molecule is CCc1cc(=O)[nH]c(NCC2CCNCC2)n1. The van der Waals surface area contributed by atoms with E-state index in [0.717, 1.165) is 31.7 Å². The molecule has 5 heteroatoms. The first-order valence-corrected chi connectivity index (χ1v) is 6.32. The van der Waals surface area contributed by atoms with Gasteiger partial charge >= 0.3 is 0 Å². The molecule has 0 aliphatic carbocycles. The van der Waals surface area contributed by atoms with Crippen LogP contribution in [0.1, 0.15) is 25.5 Å². The maximum Gasteiger partial charge on any atom is 0.252 e. The van der Waals surface area contributed by atoms with Crippen molar-refractivity contribution in [3.05, 3.63) is 22.1 Å². The number of H-pyrrole nitrogens is 1. The lowest BCUT2D eigenvalue weighted by Gasteiger charge is -2.22. The molecule has 3 N–H and O–H groups in total. The van der Waals surface area contributed by atoms with Gasteiger partial charge in [-0.05, 0) is 38.3 Å². The van der Waals surface area contributed by atoms with Crippen molar-refractivity contribution in [2.24, 2.45) is 5.92 Å². The number of aryl methyl sites for hydroxylation is 1. The van der Waals surface area contributed by atoms with Crippen molar-refractivity contribution in [3.8, 4) is 0 Å². The maximum atomic E-state index is 11.4. The van der Waals surface area contributed by atoms with Gasteiger partial charge in [-0.3, -0.25) is 9.78 Å². The standard InChI is InChI=1S/C12H20N4O/c1-2-10-7-11(17)16-12(15-10)14-8-9-3-5-13-6-4-9/h7,9,13H,2-6,8H2,1H3,(H2,14,15,16,17). The Morgan fingerprint density at radius 2 is 2.24 bits per heavy atom. The van der Waals surface area contributed by atoms with Crippen LogP contribution in [0.15, 0.2) is 10.9 Å². The van der Waals surface area contributed by atoms with E-state index in [1.807, 2.05) is 6.92 Å². The van der Waals surface area contributed by atoms with Crippen LogP contribution >= 0.6 is 0 Å². The lowest BCUT2D eigenvalue weighted by atomic mass is 9.98. The molecule has 1 aromatic rings. The predicted octanol–water partition coefficient (Wildman–Crippen LogP) is 0.744. The number of rotatable bonds is 4. The third-order valence-corrected chi connectivity index (χ3v) is 3.17. The minimum absolute atomic E-state index is 0.0790.